The van der Waals surface area contributed by atoms with Crippen LogP contribution in [0.15, 0.2) is 67.0 Å². The van der Waals surface area contributed by atoms with E-state index in [9.17, 15) is 4.79 Å². The molecule has 0 unspecified atom stereocenters. The molecule has 0 spiro atoms. The first-order chi connectivity index (χ1) is 13.8. The number of benzene rings is 2. The summed E-state index contributed by atoms with van der Waals surface area (Å²) < 4.78 is 7.15. The Balaban J connectivity index is 1.74. The maximum absolute atomic E-state index is 11.2. The van der Waals surface area contributed by atoms with Crippen LogP contribution in [-0.4, -0.2) is 28.2 Å². The first kappa shape index (κ1) is 17.7. The van der Waals surface area contributed by atoms with E-state index in [1.54, 1.807) is 19.5 Å². The fourth-order valence-corrected chi connectivity index (χ4v) is 3.09. The first-order valence-corrected chi connectivity index (χ1v) is 8.93. The maximum Gasteiger partial charge on any atom is 0.150 e. The Hall–Kier alpha value is -3.73. The highest BCUT2D eigenvalue weighted by Gasteiger charge is 2.10. The highest BCUT2D eigenvalue weighted by molar-refractivity contribution is 5.93. The van der Waals surface area contributed by atoms with E-state index < -0.39 is 0 Å². The van der Waals surface area contributed by atoms with Crippen molar-refractivity contribution in [2.24, 2.45) is 0 Å². The van der Waals surface area contributed by atoms with Crippen LogP contribution in [0, 0.1) is 0 Å². The molecule has 0 N–H and O–H groups in total. The van der Waals surface area contributed by atoms with E-state index in [0.29, 0.717) is 12.1 Å². The van der Waals surface area contributed by atoms with E-state index in [1.165, 1.54) is 0 Å². The lowest BCUT2D eigenvalue weighted by Crippen LogP contribution is -2.02. The van der Waals surface area contributed by atoms with Crippen molar-refractivity contribution in [2.45, 2.75) is 6.54 Å². The zero-order chi connectivity index (χ0) is 19.3. The lowest BCUT2D eigenvalue weighted by Gasteiger charge is -2.05. The second-order valence-corrected chi connectivity index (χ2v) is 6.40. The molecule has 5 heteroatoms. The molecule has 5 nitrogen and oxygen atoms in total. The number of carbonyl (C=O) groups excluding carboxylic acids is 1. The topological polar surface area (TPSA) is 57.0 Å². The summed E-state index contributed by atoms with van der Waals surface area (Å²) >= 11 is 0. The molecule has 28 heavy (non-hydrogen) atoms. The minimum absolute atomic E-state index is 0.603. The zero-order valence-electron chi connectivity index (χ0n) is 15.4. The highest BCUT2D eigenvalue weighted by atomic mass is 16.5. The van der Waals surface area contributed by atoms with E-state index in [0.717, 1.165) is 39.8 Å². The molecule has 2 aromatic heterocycles. The van der Waals surface area contributed by atoms with Crippen LogP contribution in [0.5, 0.6) is 5.75 Å². The van der Waals surface area contributed by atoms with E-state index in [4.69, 9.17) is 9.84 Å². The number of rotatable bonds is 6. The number of hydrogen-bond donors (Lipinski definition) is 0. The Bertz CT molecular complexity index is 1130. The zero-order valence-corrected chi connectivity index (χ0v) is 15.4. The Kier molecular flexibility index (Phi) is 4.97. The van der Waals surface area contributed by atoms with Gasteiger partial charge in [-0.1, -0.05) is 24.3 Å². The third-order valence-corrected chi connectivity index (χ3v) is 4.57. The van der Waals surface area contributed by atoms with E-state index in [1.807, 2.05) is 71.4 Å². The van der Waals surface area contributed by atoms with Gasteiger partial charge in [-0.3, -0.25) is 14.5 Å². The number of methoxy groups -OCH3 is 1. The van der Waals surface area contributed by atoms with Gasteiger partial charge in [-0.05, 0) is 53.6 Å². The van der Waals surface area contributed by atoms with Gasteiger partial charge in [-0.25, -0.2) is 0 Å². The summed E-state index contributed by atoms with van der Waals surface area (Å²) in [4.78, 5) is 15.3. The van der Waals surface area contributed by atoms with Crippen molar-refractivity contribution < 1.29 is 9.53 Å². The second-order valence-electron chi connectivity index (χ2n) is 6.40. The molecule has 2 heterocycles. The predicted octanol–water partition coefficient (Wildman–Crippen LogP) is 4.47. The minimum atomic E-state index is 0.603. The standard InChI is InChI=1S/C23H19N3O2/c1-28-20-6-2-18(3-7-20)15-26-23-14-19(16-27)4-8-21(23)22(25-26)9-5-17-10-12-24-13-11-17/h2-14,16H,15H2,1H3/b9-5+. The smallest absolute Gasteiger partial charge is 0.150 e. The van der Waals surface area contributed by atoms with Crippen molar-refractivity contribution in [1.82, 2.24) is 14.8 Å². The number of fused-ring (bicyclic) bond motifs is 1. The van der Waals surface area contributed by atoms with Gasteiger partial charge in [-0.2, -0.15) is 5.10 Å². The third-order valence-electron chi connectivity index (χ3n) is 4.57. The molecule has 0 aliphatic heterocycles. The predicted molar refractivity (Wildman–Crippen MR) is 110 cm³/mol. The molecule has 0 aliphatic carbocycles. The van der Waals surface area contributed by atoms with Gasteiger partial charge in [0.15, 0.2) is 0 Å². The van der Waals surface area contributed by atoms with Crippen molar-refractivity contribution in [3.63, 3.8) is 0 Å². The summed E-state index contributed by atoms with van der Waals surface area (Å²) in [7, 11) is 1.65. The summed E-state index contributed by atoms with van der Waals surface area (Å²) in [5.41, 5.74) is 4.57. The van der Waals surface area contributed by atoms with E-state index in [-0.39, 0.29) is 0 Å². The number of aromatic nitrogens is 3. The number of hydrogen-bond acceptors (Lipinski definition) is 4. The Morgan fingerprint density at radius 3 is 2.46 bits per heavy atom. The molecule has 0 saturated carbocycles. The molecule has 0 aliphatic rings. The number of carbonyl (C=O) groups is 1. The molecule has 0 saturated heterocycles. The molecule has 4 rings (SSSR count). The van der Waals surface area contributed by atoms with Gasteiger partial charge in [0, 0.05) is 23.3 Å². The van der Waals surface area contributed by atoms with Crippen molar-refractivity contribution >= 4 is 29.3 Å². The summed E-state index contributed by atoms with van der Waals surface area (Å²) in [5.74, 6) is 0.818. The van der Waals surface area contributed by atoms with Gasteiger partial charge in [-0.15, -0.1) is 0 Å². The molecule has 2 aromatic carbocycles. The largest absolute Gasteiger partial charge is 0.497 e. The van der Waals surface area contributed by atoms with Gasteiger partial charge in [0.25, 0.3) is 0 Å². The van der Waals surface area contributed by atoms with E-state index in [2.05, 4.69) is 4.98 Å². The molecule has 0 radical (unpaired) electrons. The summed E-state index contributed by atoms with van der Waals surface area (Å²) in [5, 5.41) is 5.79. The average molecular weight is 369 g/mol. The van der Waals surface area contributed by atoms with Gasteiger partial charge in [0.2, 0.25) is 0 Å². The van der Waals surface area contributed by atoms with Gasteiger partial charge >= 0.3 is 0 Å². The van der Waals surface area contributed by atoms with Crippen LogP contribution in [-0.2, 0) is 6.54 Å². The third kappa shape index (κ3) is 3.69. The highest BCUT2D eigenvalue weighted by Crippen LogP contribution is 2.23. The molecule has 4 aromatic rings. The van der Waals surface area contributed by atoms with E-state index >= 15 is 0 Å². The normalized spacial score (nSPS) is 11.2. The van der Waals surface area contributed by atoms with Crippen LogP contribution < -0.4 is 4.74 Å². The maximum atomic E-state index is 11.2. The number of nitrogens with zero attached hydrogens (tertiary/aromatic N) is 3. The fraction of sp³-hybridized carbons (Fsp3) is 0.0870. The molecular formula is C23H19N3O2. The molecule has 0 fully saturated rings. The summed E-state index contributed by atoms with van der Waals surface area (Å²) in [6, 6.07) is 17.4. The van der Waals surface area contributed by atoms with Crippen LogP contribution in [0.4, 0.5) is 0 Å². The van der Waals surface area contributed by atoms with Crippen molar-refractivity contribution in [1.29, 1.82) is 0 Å². The van der Waals surface area contributed by atoms with Crippen LogP contribution in [0.2, 0.25) is 0 Å². The SMILES string of the molecule is COc1ccc(Cn2nc(/C=C/c3ccncc3)c3ccc(C=O)cc32)cc1. The van der Waals surface area contributed by atoms with Crippen molar-refractivity contribution in [2.75, 3.05) is 7.11 Å². The van der Waals surface area contributed by atoms with Crippen LogP contribution in [0.1, 0.15) is 27.2 Å². The van der Waals surface area contributed by atoms with Crippen LogP contribution >= 0.6 is 0 Å². The monoisotopic (exact) mass is 369 g/mol. The van der Waals surface area contributed by atoms with Gasteiger partial charge < -0.3 is 4.74 Å². The Morgan fingerprint density at radius 1 is 0.964 bits per heavy atom. The van der Waals surface area contributed by atoms with Gasteiger partial charge in [0.1, 0.15) is 12.0 Å². The van der Waals surface area contributed by atoms with Crippen LogP contribution in [0.3, 0.4) is 0 Å². The van der Waals surface area contributed by atoms with Gasteiger partial charge in [0.05, 0.1) is 24.9 Å². The summed E-state index contributed by atoms with van der Waals surface area (Å²) in [6.07, 6.45) is 8.38. The Morgan fingerprint density at radius 2 is 1.75 bits per heavy atom. The minimum Gasteiger partial charge on any atom is -0.497 e. The molecule has 0 amide bonds. The Labute approximate surface area is 162 Å². The molecular weight excluding hydrogens is 350 g/mol. The van der Waals surface area contributed by atoms with Crippen molar-refractivity contribution in [3.8, 4) is 5.75 Å². The quantitative estimate of drug-likeness (QED) is 0.471. The number of aldehydes is 1. The molecule has 138 valence electrons. The lowest BCUT2D eigenvalue weighted by atomic mass is 10.1. The average Bonchev–Trinajstić information content (AvgIpc) is 3.10. The summed E-state index contributed by atoms with van der Waals surface area (Å²) in [6.45, 7) is 0.603. The number of ether oxygens (including phenoxy) is 1. The second kappa shape index (κ2) is 7.88. The first-order valence-electron chi connectivity index (χ1n) is 8.93. The lowest BCUT2D eigenvalue weighted by molar-refractivity contribution is 0.112. The number of pyridine rings is 1. The molecule has 0 bridgehead atoms. The van der Waals surface area contributed by atoms with Crippen LogP contribution in [0.25, 0.3) is 23.1 Å². The fourth-order valence-electron chi connectivity index (χ4n) is 3.09. The molecule has 0 atom stereocenters. The van der Waals surface area contributed by atoms with Crippen molar-refractivity contribution in [3.05, 3.63) is 89.4 Å².